The van der Waals surface area contributed by atoms with Crippen LogP contribution in [-0.4, -0.2) is 27.6 Å². The highest BCUT2D eigenvalue weighted by molar-refractivity contribution is 6.04. The van der Waals surface area contributed by atoms with E-state index in [0.29, 0.717) is 12.4 Å². The van der Waals surface area contributed by atoms with Crippen molar-refractivity contribution in [2.45, 2.75) is 53.1 Å². The van der Waals surface area contributed by atoms with E-state index < -0.39 is 17.9 Å². The maximum atomic E-state index is 13.5. The first-order chi connectivity index (χ1) is 17.1. The van der Waals surface area contributed by atoms with Gasteiger partial charge in [0.1, 0.15) is 11.9 Å². The molecule has 2 atom stereocenters. The maximum Gasteiger partial charge on any atom is 0.251 e. The molecule has 1 aliphatic rings. The van der Waals surface area contributed by atoms with Gasteiger partial charge < -0.3 is 10.6 Å². The van der Waals surface area contributed by atoms with Crippen molar-refractivity contribution < 1.29 is 14.0 Å². The molecular weight excluding hydrogens is 455 g/mol. The number of allylic oxidation sites excluding steroid dienone is 6. The van der Waals surface area contributed by atoms with Crippen LogP contribution in [0.1, 0.15) is 50.4 Å². The first kappa shape index (κ1) is 26.6. The molecule has 1 aromatic heterocycles. The average molecular weight is 489 g/mol. The van der Waals surface area contributed by atoms with Gasteiger partial charge in [-0.05, 0) is 46.3 Å². The summed E-state index contributed by atoms with van der Waals surface area (Å²) in [4.78, 5) is 26.3. The summed E-state index contributed by atoms with van der Waals surface area (Å²) in [5.74, 6) is -1.14. The average Bonchev–Trinajstić information content (AvgIpc) is 3.12. The third kappa shape index (κ3) is 6.36. The second-order valence-electron chi connectivity index (χ2n) is 9.20. The number of nitrogens with zero attached hydrogens (tertiary/aromatic N) is 2. The lowest BCUT2D eigenvalue weighted by Crippen LogP contribution is -2.51. The van der Waals surface area contributed by atoms with Gasteiger partial charge in [0.15, 0.2) is 0 Å². The molecule has 2 aromatic rings. The Morgan fingerprint density at radius 1 is 1.17 bits per heavy atom. The fourth-order valence-corrected chi connectivity index (χ4v) is 4.14. The normalized spacial score (nSPS) is 18.0. The van der Waals surface area contributed by atoms with Gasteiger partial charge >= 0.3 is 0 Å². The van der Waals surface area contributed by atoms with Crippen LogP contribution in [0.3, 0.4) is 0 Å². The molecule has 0 aliphatic carbocycles. The number of aromatic nitrogens is 2. The number of rotatable bonds is 8. The lowest BCUT2D eigenvalue weighted by atomic mass is 9.81. The van der Waals surface area contributed by atoms with E-state index >= 15 is 0 Å². The van der Waals surface area contributed by atoms with Crippen LogP contribution < -0.4 is 10.6 Å². The lowest BCUT2D eigenvalue weighted by molar-refractivity contribution is -0.124. The van der Waals surface area contributed by atoms with E-state index in [2.05, 4.69) is 17.2 Å². The molecule has 0 saturated heterocycles. The third-order valence-corrected chi connectivity index (χ3v) is 5.89. The molecule has 0 spiro atoms. The molecule has 7 heteroatoms. The summed E-state index contributed by atoms with van der Waals surface area (Å²) in [6.07, 6.45) is 8.20. The number of benzene rings is 1. The van der Waals surface area contributed by atoms with E-state index in [1.54, 1.807) is 22.9 Å². The van der Waals surface area contributed by atoms with Crippen LogP contribution in [-0.2, 0) is 16.1 Å². The van der Waals surface area contributed by atoms with Gasteiger partial charge in [0.05, 0.1) is 18.1 Å². The number of carbonyl (C=O) groups is 2. The van der Waals surface area contributed by atoms with Gasteiger partial charge in [-0.1, -0.05) is 72.4 Å². The van der Waals surface area contributed by atoms with Gasteiger partial charge in [-0.15, -0.1) is 0 Å². The molecule has 1 aliphatic heterocycles. The van der Waals surface area contributed by atoms with Crippen LogP contribution in [0.15, 0.2) is 89.8 Å². The number of carbonyl (C=O) groups excluding carboxylic acids is 2. The summed E-state index contributed by atoms with van der Waals surface area (Å²) in [6.45, 7) is 13.3. The summed E-state index contributed by atoms with van der Waals surface area (Å²) in [5, 5.41) is 10.5. The predicted octanol–water partition coefficient (Wildman–Crippen LogP) is 5.66. The number of aryl methyl sites for hydroxylation is 1. The highest BCUT2D eigenvalue weighted by atomic mass is 19.1. The molecular formula is C29H33FN4O2. The number of amides is 2. The van der Waals surface area contributed by atoms with E-state index in [9.17, 15) is 14.0 Å². The number of hydrogen-bond acceptors (Lipinski definition) is 3. The molecule has 0 saturated carbocycles. The standard InChI is InChI=1S/C29H33FN4O2/c1-18(2)11-10-12-20(4)28(35)31-26-24(19(3)15-16-21(5)30)25-22(6)33-34(27(25)32-29(26)36)17-23-13-8-7-9-14-23/h7-16,24,26H,4,17H2,1-3,5-6H3,(H,31,35)(H,32,36)/b12-10-,19-15+,21-16+/t24-,26+/m0/s1. The maximum absolute atomic E-state index is 13.5. The number of nitrogens with one attached hydrogen (secondary N) is 2. The number of anilines is 1. The van der Waals surface area contributed by atoms with Crippen molar-refractivity contribution in [2.75, 3.05) is 5.32 Å². The van der Waals surface area contributed by atoms with Gasteiger partial charge in [-0.3, -0.25) is 9.59 Å². The van der Waals surface area contributed by atoms with Crippen LogP contribution in [0.4, 0.5) is 10.2 Å². The molecule has 1 aromatic carbocycles. The summed E-state index contributed by atoms with van der Waals surface area (Å²) in [5.41, 5.74) is 4.58. The SMILES string of the molecule is C=C(/C=C\C=C(C)C)C(=O)N[C@H]1C(=O)Nc2c(c(C)nn2Cc2ccccc2)[C@@H]1/C(C)=C/C=C(\C)F. The van der Waals surface area contributed by atoms with Gasteiger partial charge in [0.25, 0.3) is 5.91 Å². The zero-order chi connectivity index (χ0) is 26.4. The monoisotopic (exact) mass is 488 g/mol. The van der Waals surface area contributed by atoms with Crippen LogP contribution in [0, 0.1) is 6.92 Å². The molecule has 0 radical (unpaired) electrons. The quantitative estimate of drug-likeness (QED) is 0.372. The third-order valence-electron chi connectivity index (χ3n) is 5.89. The molecule has 6 nitrogen and oxygen atoms in total. The van der Waals surface area contributed by atoms with Crippen molar-refractivity contribution in [3.05, 3.63) is 107 Å². The Labute approximate surface area is 212 Å². The summed E-state index contributed by atoms with van der Waals surface area (Å²) < 4.78 is 15.3. The van der Waals surface area contributed by atoms with Crippen molar-refractivity contribution >= 4 is 17.6 Å². The molecule has 2 N–H and O–H groups in total. The zero-order valence-electron chi connectivity index (χ0n) is 21.4. The van der Waals surface area contributed by atoms with Crippen molar-refractivity contribution in [3.63, 3.8) is 0 Å². The van der Waals surface area contributed by atoms with E-state index in [-0.39, 0.29) is 17.3 Å². The van der Waals surface area contributed by atoms with Gasteiger partial charge in [0, 0.05) is 17.1 Å². The minimum Gasteiger partial charge on any atom is -0.339 e. The van der Waals surface area contributed by atoms with Gasteiger partial charge in [-0.25, -0.2) is 9.07 Å². The highest BCUT2D eigenvalue weighted by Gasteiger charge is 2.41. The zero-order valence-corrected chi connectivity index (χ0v) is 21.4. The first-order valence-electron chi connectivity index (χ1n) is 11.8. The Morgan fingerprint density at radius 2 is 1.86 bits per heavy atom. The lowest BCUT2D eigenvalue weighted by Gasteiger charge is -2.33. The number of halogens is 1. The van der Waals surface area contributed by atoms with Crippen LogP contribution in [0.25, 0.3) is 0 Å². The van der Waals surface area contributed by atoms with E-state index in [1.807, 2.05) is 64.1 Å². The highest BCUT2D eigenvalue weighted by Crippen LogP contribution is 2.40. The Morgan fingerprint density at radius 3 is 2.50 bits per heavy atom. The molecule has 188 valence electrons. The van der Waals surface area contributed by atoms with Crippen LogP contribution in [0.2, 0.25) is 0 Å². The Hall–Kier alpha value is -4.00. The van der Waals surface area contributed by atoms with E-state index in [1.165, 1.54) is 13.0 Å². The minimum absolute atomic E-state index is 0.225. The fourth-order valence-electron chi connectivity index (χ4n) is 4.14. The molecule has 3 rings (SSSR count). The Balaban J connectivity index is 2.01. The van der Waals surface area contributed by atoms with Crippen LogP contribution in [0.5, 0.6) is 0 Å². The second kappa shape index (κ2) is 11.6. The smallest absolute Gasteiger partial charge is 0.251 e. The largest absolute Gasteiger partial charge is 0.339 e. The molecule has 0 fully saturated rings. The molecule has 2 amide bonds. The number of fused-ring (bicyclic) bond motifs is 1. The summed E-state index contributed by atoms with van der Waals surface area (Å²) >= 11 is 0. The van der Waals surface area contributed by atoms with Gasteiger partial charge in [0.2, 0.25) is 5.91 Å². The predicted molar refractivity (Wildman–Crippen MR) is 142 cm³/mol. The van der Waals surface area contributed by atoms with Crippen molar-refractivity contribution in [1.29, 1.82) is 0 Å². The van der Waals surface area contributed by atoms with Crippen molar-refractivity contribution in [2.24, 2.45) is 0 Å². The van der Waals surface area contributed by atoms with Gasteiger partial charge in [-0.2, -0.15) is 5.10 Å². The molecule has 2 heterocycles. The van der Waals surface area contributed by atoms with E-state index in [0.717, 1.165) is 28.0 Å². The Kier molecular flexibility index (Phi) is 8.59. The number of hydrogen-bond donors (Lipinski definition) is 2. The summed E-state index contributed by atoms with van der Waals surface area (Å²) in [7, 11) is 0. The summed E-state index contributed by atoms with van der Waals surface area (Å²) in [6, 6.07) is 8.89. The van der Waals surface area contributed by atoms with Crippen molar-refractivity contribution in [3.8, 4) is 0 Å². The van der Waals surface area contributed by atoms with Crippen LogP contribution >= 0.6 is 0 Å². The van der Waals surface area contributed by atoms with E-state index in [4.69, 9.17) is 5.10 Å². The topological polar surface area (TPSA) is 76.0 Å². The van der Waals surface area contributed by atoms with Crippen molar-refractivity contribution in [1.82, 2.24) is 15.1 Å². The molecule has 36 heavy (non-hydrogen) atoms. The Bertz CT molecular complexity index is 1270. The molecule has 0 bridgehead atoms. The first-order valence-corrected chi connectivity index (χ1v) is 11.8. The minimum atomic E-state index is -0.920. The fraction of sp³-hybridized carbons (Fsp3) is 0.276. The second-order valence-corrected chi connectivity index (χ2v) is 9.20. The molecule has 0 unspecified atom stereocenters.